The van der Waals surface area contributed by atoms with Gasteiger partial charge in [0.25, 0.3) is 0 Å². The highest BCUT2D eigenvalue weighted by Crippen LogP contribution is 2.36. The minimum absolute atomic E-state index is 0.0502. The molecule has 1 atom stereocenters. The van der Waals surface area contributed by atoms with Crippen molar-refractivity contribution in [3.05, 3.63) is 54.1 Å². The van der Waals surface area contributed by atoms with Gasteiger partial charge in [-0.15, -0.1) is 0 Å². The number of hydrogen-bond donors (Lipinski definition) is 1. The van der Waals surface area contributed by atoms with E-state index in [0.29, 0.717) is 30.0 Å². The summed E-state index contributed by atoms with van der Waals surface area (Å²) in [5, 5.41) is 2.89. The van der Waals surface area contributed by atoms with Crippen molar-refractivity contribution in [2.24, 2.45) is 0 Å². The monoisotopic (exact) mass is 517 g/mol. The molecule has 0 saturated heterocycles. The first-order valence-corrected chi connectivity index (χ1v) is 13.8. The van der Waals surface area contributed by atoms with Crippen LogP contribution in [0.1, 0.15) is 39.7 Å². The van der Waals surface area contributed by atoms with Crippen LogP contribution in [0.4, 0.5) is 5.69 Å². The second-order valence-corrected chi connectivity index (χ2v) is 11.0. The summed E-state index contributed by atoms with van der Waals surface area (Å²) in [6.45, 7) is 6.97. The van der Waals surface area contributed by atoms with E-state index in [9.17, 15) is 18.0 Å². The van der Waals surface area contributed by atoms with Crippen LogP contribution in [0.2, 0.25) is 0 Å². The molecule has 1 N–H and O–H groups in total. The molecule has 2 amide bonds. The molecule has 10 heteroatoms. The highest BCUT2D eigenvalue weighted by atomic mass is 32.2. The SMILES string of the molecule is CC[C@H](C(=O)NC(C)C)N(CCc1ccccc1)C(=O)CN(c1ccc2c(c1)OCO2)S(=O)(=O)CC. The summed E-state index contributed by atoms with van der Waals surface area (Å²) in [5.41, 5.74) is 1.32. The predicted octanol–water partition coefficient (Wildman–Crippen LogP) is 2.95. The zero-order valence-electron chi connectivity index (χ0n) is 21.3. The van der Waals surface area contributed by atoms with E-state index in [1.54, 1.807) is 18.2 Å². The molecule has 0 unspecified atom stereocenters. The van der Waals surface area contributed by atoms with Gasteiger partial charge >= 0.3 is 0 Å². The van der Waals surface area contributed by atoms with E-state index < -0.39 is 28.5 Å². The molecule has 0 spiro atoms. The lowest BCUT2D eigenvalue weighted by Crippen LogP contribution is -2.54. The summed E-state index contributed by atoms with van der Waals surface area (Å²) in [6.07, 6.45) is 0.923. The molecule has 1 heterocycles. The summed E-state index contributed by atoms with van der Waals surface area (Å²) in [4.78, 5) is 28.2. The Morgan fingerprint density at radius 1 is 1.03 bits per heavy atom. The first kappa shape index (κ1) is 27.3. The maximum Gasteiger partial charge on any atom is 0.244 e. The van der Waals surface area contributed by atoms with Crippen LogP contribution < -0.4 is 19.1 Å². The van der Waals surface area contributed by atoms with E-state index in [1.165, 1.54) is 11.8 Å². The van der Waals surface area contributed by atoms with Crippen LogP contribution in [-0.4, -0.2) is 62.9 Å². The van der Waals surface area contributed by atoms with Crippen molar-refractivity contribution in [3.63, 3.8) is 0 Å². The molecule has 3 rings (SSSR count). The molecule has 0 saturated carbocycles. The third-order valence-corrected chi connectivity index (χ3v) is 7.67. The number of nitrogens with zero attached hydrogens (tertiary/aromatic N) is 2. The summed E-state index contributed by atoms with van der Waals surface area (Å²) in [6, 6.07) is 13.6. The highest BCUT2D eigenvalue weighted by molar-refractivity contribution is 7.92. The predicted molar refractivity (Wildman–Crippen MR) is 139 cm³/mol. The molecule has 0 radical (unpaired) electrons. The average molecular weight is 518 g/mol. The molecule has 0 aromatic heterocycles. The summed E-state index contributed by atoms with van der Waals surface area (Å²) >= 11 is 0. The number of rotatable bonds is 12. The fourth-order valence-electron chi connectivity index (χ4n) is 4.04. The lowest BCUT2D eigenvalue weighted by atomic mass is 10.1. The largest absolute Gasteiger partial charge is 0.454 e. The zero-order valence-corrected chi connectivity index (χ0v) is 22.1. The van der Waals surface area contributed by atoms with Crippen molar-refractivity contribution in [2.75, 3.05) is 29.9 Å². The minimum Gasteiger partial charge on any atom is -0.454 e. The first-order chi connectivity index (χ1) is 17.2. The maximum absolute atomic E-state index is 13.7. The van der Waals surface area contributed by atoms with E-state index in [2.05, 4.69) is 5.32 Å². The number of hydrogen-bond acceptors (Lipinski definition) is 6. The Kier molecular flexibility index (Phi) is 9.19. The second-order valence-electron chi connectivity index (χ2n) is 8.85. The normalized spacial score (nSPS) is 13.4. The Morgan fingerprint density at radius 2 is 1.72 bits per heavy atom. The van der Waals surface area contributed by atoms with Gasteiger partial charge in [0.1, 0.15) is 12.6 Å². The Hall–Kier alpha value is -3.27. The fourth-order valence-corrected chi connectivity index (χ4v) is 5.09. The van der Waals surface area contributed by atoms with Crippen LogP contribution in [0.15, 0.2) is 48.5 Å². The van der Waals surface area contributed by atoms with Crippen LogP contribution in [-0.2, 0) is 26.0 Å². The number of amides is 2. The van der Waals surface area contributed by atoms with Crippen molar-refractivity contribution in [1.29, 1.82) is 0 Å². The van der Waals surface area contributed by atoms with E-state index in [1.807, 2.05) is 51.1 Å². The number of fused-ring (bicyclic) bond motifs is 1. The molecular weight excluding hydrogens is 482 g/mol. The molecule has 196 valence electrons. The standard InChI is InChI=1S/C26H35N3O6S/c1-5-22(26(31)27-19(3)4)28(15-14-20-10-8-7-9-11-20)25(30)17-29(36(32,33)6-2)21-12-13-23-24(16-21)35-18-34-23/h7-13,16,19,22H,5-6,14-15,17-18H2,1-4H3,(H,27,31)/t22-/m1/s1. The lowest BCUT2D eigenvalue weighted by molar-refractivity contribution is -0.139. The third kappa shape index (κ3) is 6.69. The smallest absolute Gasteiger partial charge is 0.244 e. The number of sulfonamides is 1. The average Bonchev–Trinajstić information content (AvgIpc) is 3.33. The van der Waals surface area contributed by atoms with Gasteiger partial charge in [-0.05, 0) is 51.3 Å². The van der Waals surface area contributed by atoms with Crippen LogP contribution in [0.5, 0.6) is 11.5 Å². The summed E-state index contributed by atoms with van der Waals surface area (Å²) < 4.78 is 37.9. The molecule has 9 nitrogen and oxygen atoms in total. The Balaban J connectivity index is 1.92. The number of benzene rings is 2. The molecule has 2 aromatic carbocycles. The van der Waals surface area contributed by atoms with Crippen molar-refractivity contribution in [2.45, 2.75) is 52.6 Å². The highest BCUT2D eigenvalue weighted by Gasteiger charge is 2.33. The zero-order chi connectivity index (χ0) is 26.3. The first-order valence-electron chi connectivity index (χ1n) is 12.2. The Morgan fingerprint density at radius 3 is 2.36 bits per heavy atom. The van der Waals surface area contributed by atoms with E-state index in [0.717, 1.165) is 9.87 Å². The molecule has 1 aliphatic rings. The van der Waals surface area contributed by atoms with Gasteiger partial charge in [-0.2, -0.15) is 0 Å². The van der Waals surface area contributed by atoms with E-state index >= 15 is 0 Å². The van der Waals surface area contributed by atoms with Gasteiger partial charge in [0.2, 0.25) is 28.6 Å². The molecule has 0 aliphatic carbocycles. The van der Waals surface area contributed by atoms with Crippen molar-refractivity contribution in [3.8, 4) is 11.5 Å². The topological polar surface area (TPSA) is 105 Å². The van der Waals surface area contributed by atoms with Crippen LogP contribution in [0.3, 0.4) is 0 Å². The number of nitrogens with one attached hydrogen (secondary N) is 1. The molecule has 2 aromatic rings. The fraction of sp³-hybridized carbons (Fsp3) is 0.462. The van der Waals surface area contributed by atoms with Gasteiger partial charge in [-0.1, -0.05) is 37.3 Å². The summed E-state index contributed by atoms with van der Waals surface area (Å²) in [7, 11) is -3.81. The van der Waals surface area contributed by atoms with Gasteiger partial charge in [-0.3, -0.25) is 13.9 Å². The van der Waals surface area contributed by atoms with Crippen molar-refractivity contribution in [1.82, 2.24) is 10.2 Å². The molecule has 1 aliphatic heterocycles. The van der Waals surface area contributed by atoms with Crippen molar-refractivity contribution >= 4 is 27.5 Å². The lowest BCUT2D eigenvalue weighted by Gasteiger charge is -2.33. The maximum atomic E-state index is 13.7. The number of carbonyl (C=O) groups excluding carboxylic acids is 2. The third-order valence-electron chi connectivity index (χ3n) is 5.92. The van der Waals surface area contributed by atoms with Crippen molar-refractivity contribution < 1.29 is 27.5 Å². The number of anilines is 1. The van der Waals surface area contributed by atoms with Crippen LogP contribution >= 0.6 is 0 Å². The Bertz CT molecular complexity index is 1150. The molecule has 0 bridgehead atoms. The van der Waals surface area contributed by atoms with Gasteiger partial charge in [0.15, 0.2) is 11.5 Å². The molecule has 36 heavy (non-hydrogen) atoms. The Labute approximate surface area is 213 Å². The second kappa shape index (κ2) is 12.1. The van der Waals surface area contributed by atoms with Crippen LogP contribution in [0, 0.1) is 0 Å². The number of carbonyl (C=O) groups is 2. The number of ether oxygens (including phenoxy) is 2. The molecular formula is C26H35N3O6S. The van der Waals surface area contributed by atoms with E-state index in [4.69, 9.17) is 9.47 Å². The van der Waals surface area contributed by atoms with Gasteiger partial charge in [-0.25, -0.2) is 8.42 Å². The molecule has 0 fully saturated rings. The van der Waals surface area contributed by atoms with Gasteiger partial charge in [0.05, 0.1) is 11.4 Å². The van der Waals surface area contributed by atoms with Gasteiger partial charge in [0, 0.05) is 18.7 Å². The van der Waals surface area contributed by atoms with E-state index in [-0.39, 0.29) is 31.0 Å². The van der Waals surface area contributed by atoms with Gasteiger partial charge < -0.3 is 19.7 Å². The minimum atomic E-state index is -3.81. The summed E-state index contributed by atoms with van der Waals surface area (Å²) in [5.74, 6) is 0.0251. The quantitative estimate of drug-likeness (QED) is 0.464. The van der Waals surface area contributed by atoms with Crippen LogP contribution in [0.25, 0.3) is 0 Å².